The molecule has 134 valence electrons. The second kappa shape index (κ2) is 7.99. The molecule has 1 amide bonds. The minimum absolute atomic E-state index is 0.125. The predicted octanol–water partition coefficient (Wildman–Crippen LogP) is 2.64. The number of nitrogens with one attached hydrogen (secondary N) is 2. The van der Waals surface area contributed by atoms with Gasteiger partial charge in [-0.1, -0.05) is 30.4 Å². The summed E-state index contributed by atoms with van der Waals surface area (Å²) in [6.45, 7) is 0.735. The molecule has 6 nitrogen and oxygen atoms in total. The minimum atomic E-state index is -0.125. The molecule has 26 heavy (non-hydrogen) atoms. The van der Waals surface area contributed by atoms with Gasteiger partial charge in [-0.05, 0) is 30.3 Å². The van der Waals surface area contributed by atoms with Crippen molar-refractivity contribution in [3.8, 4) is 5.75 Å². The SMILES string of the molecule is Cn1cc(C(=O)NCCOc2ccc(C(=S)NO)cc2)c2ccccc21. The molecule has 3 rings (SSSR count). The normalized spacial score (nSPS) is 10.5. The van der Waals surface area contributed by atoms with E-state index in [2.05, 4.69) is 5.32 Å². The summed E-state index contributed by atoms with van der Waals surface area (Å²) in [4.78, 5) is 12.7. The Morgan fingerprint density at radius 3 is 2.65 bits per heavy atom. The highest BCUT2D eigenvalue weighted by molar-refractivity contribution is 7.80. The Bertz CT molecular complexity index is 935. The number of ether oxygens (including phenoxy) is 1. The van der Waals surface area contributed by atoms with E-state index in [-0.39, 0.29) is 10.9 Å². The highest BCUT2D eigenvalue weighted by Crippen LogP contribution is 2.20. The van der Waals surface area contributed by atoms with Gasteiger partial charge in [-0.2, -0.15) is 0 Å². The highest BCUT2D eigenvalue weighted by atomic mass is 32.1. The largest absolute Gasteiger partial charge is 0.492 e. The first-order valence-corrected chi connectivity index (χ1v) is 8.50. The molecule has 0 saturated heterocycles. The number of hydrogen-bond acceptors (Lipinski definition) is 4. The number of nitrogens with zero attached hydrogens (tertiary/aromatic N) is 1. The van der Waals surface area contributed by atoms with E-state index < -0.39 is 0 Å². The first-order valence-electron chi connectivity index (χ1n) is 8.09. The monoisotopic (exact) mass is 369 g/mol. The average Bonchev–Trinajstić information content (AvgIpc) is 3.02. The van der Waals surface area contributed by atoms with Gasteiger partial charge in [-0.25, -0.2) is 0 Å². The second-order valence-electron chi connectivity index (χ2n) is 5.74. The number of rotatable bonds is 6. The Hall–Kier alpha value is -2.90. The third kappa shape index (κ3) is 3.84. The van der Waals surface area contributed by atoms with Crippen LogP contribution in [0.2, 0.25) is 0 Å². The van der Waals surface area contributed by atoms with E-state index in [1.807, 2.05) is 47.6 Å². The lowest BCUT2D eigenvalue weighted by molar-refractivity contribution is 0.0948. The molecule has 0 aliphatic carbocycles. The van der Waals surface area contributed by atoms with Crippen LogP contribution in [-0.4, -0.2) is 33.8 Å². The number of hydroxylamine groups is 1. The van der Waals surface area contributed by atoms with E-state index >= 15 is 0 Å². The first kappa shape index (κ1) is 17.9. The quantitative estimate of drug-likeness (QED) is 0.354. The molecule has 0 saturated carbocycles. The molecular formula is C19H19N3O3S. The van der Waals surface area contributed by atoms with Gasteiger partial charge in [-0.3, -0.25) is 15.5 Å². The number of carbonyl (C=O) groups excluding carboxylic acids is 1. The summed E-state index contributed by atoms with van der Waals surface area (Å²) in [5.74, 6) is 0.536. The molecule has 0 spiro atoms. The van der Waals surface area contributed by atoms with Crippen LogP contribution >= 0.6 is 12.2 Å². The van der Waals surface area contributed by atoms with E-state index in [0.29, 0.717) is 30.0 Å². The summed E-state index contributed by atoms with van der Waals surface area (Å²) in [7, 11) is 1.92. The van der Waals surface area contributed by atoms with Crippen molar-refractivity contribution in [1.82, 2.24) is 15.4 Å². The zero-order valence-corrected chi connectivity index (χ0v) is 15.0. The molecule has 1 heterocycles. The minimum Gasteiger partial charge on any atom is -0.492 e. The fourth-order valence-electron chi connectivity index (χ4n) is 2.72. The summed E-state index contributed by atoms with van der Waals surface area (Å²) in [5.41, 5.74) is 4.30. The number of benzene rings is 2. The molecule has 0 aliphatic rings. The van der Waals surface area contributed by atoms with Crippen LogP contribution in [0.1, 0.15) is 15.9 Å². The van der Waals surface area contributed by atoms with Gasteiger partial charge >= 0.3 is 0 Å². The maximum Gasteiger partial charge on any atom is 0.253 e. The zero-order valence-electron chi connectivity index (χ0n) is 14.2. The van der Waals surface area contributed by atoms with E-state index in [1.54, 1.807) is 24.3 Å². The average molecular weight is 369 g/mol. The van der Waals surface area contributed by atoms with Crippen LogP contribution in [-0.2, 0) is 7.05 Å². The van der Waals surface area contributed by atoms with Gasteiger partial charge < -0.3 is 14.6 Å². The summed E-state index contributed by atoms with van der Waals surface area (Å²) in [6, 6.07) is 14.8. The van der Waals surface area contributed by atoms with Crippen molar-refractivity contribution in [2.45, 2.75) is 0 Å². The van der Waals surface area contributed by atoms with Crippen molar-refractivity contribution in [2.24, 2.45) is 7.05 Å². The molecule has 7 heteroatoms. The molecule has 0 bridgehead atoms. The molecule has 1 aromatic heterocycles. The van der Waals surface area contributed by atoms with Gasteiger partial charge in [0.25, 0.3) is 5.91 Å². The van der Waals surface area contributed by atoms with Crippen LogP contribution in [0, 0.1) is 0 Å². The third-order valence-electron chi connectivity index (χ3n) is 4.02. The molecule has 3 aromatic rings. The topological polar surface area (TPSA) is 75.5 Å². The number of para-hydroxylation sites is 1. The van der Waals surface area contributed by atoms with Crippen molar-refractivity contribution < 1.29 is 14.7 Å². The molecule has 0 aliphatic heterocycles. The van der Waals surface area contributed by atoms with Crippen LogP contribution in [0.3, 0.4) is 0 Å². The Kier molecular flexibility index (Phi) is 5.50. The third-order valence-corrected chi connectivity index (χ3v) is 4.34. The van der Waals surface area contributed by atoms with E-state index in [0.717, 1.165) is 10.9 Å². The number of aryl methyl sites for hydroxylation is 1. The smallest absolute Gasteiger partial charge is 0.253 e. The van der Waals surface area contributed by atoms with Crippen LogP contribution < -0.4 is 15.5 Å². The van der Waals surface area contributed by atoms with Crippen LogP contribution in [0.25, 0.3) is 10.9 Å². The Labute approximate surface area is 156 Å². The fourth-order valence-corrected chi connectivity index (χ4v) is 2.85. The second-order valence-corrected chi connectivity index (χ2v) is 6.15. The number of aromatic nitrogens is 1. The van der Waals surface area contributed by atoms with Gasteiger partial charge in [0, 0.05) is 29.7 Å². The molecule has 3 N–H and O–H groups in total. The van der Waals surface area contributed by atoms with Crippen molar-refractivity contribution in [3.05, 3.63) is 65.9 Å². The van der Waals surface area contributed by atoms with Crippen LogP contribution in [0.15, 0.2) is 54.7 Å². The molecule has 2 aromatic carbocycles. The van der Waals surface area contributed by atoms with Crippen molar-refractivity contribution in [2.75, 3.05) is 13.2 Å². The Balaban J connectivity index is 1.53. The molecular weight excluding hydrogens is 350 g/mol. The fraction of sp³-hybridized carbons (Fsp3) is 0.158. The lowest BCUT2D eigenvalue weighted by Crippen LogP contribution is -2.28. The van der Waals surface area contributed by atoms with Gasteiger partial charge in [-0.15, -0.1) is 0 Å². The van der Waals surface area contributed by atoms with Gasteiger partial charge in [0.05, 0.1) is 12.1 Å². The van der Waals surface area contributed by atoms with E-state index in [9.17, 15) is 4.79 Å². The van der Waals surface area contributed by atoms with E-state index in [1.165, 1.54) is 0 Å². The van der Waals surface area contributed by atoms with Gasteiger partial charge in [0.1, 0.15) is 17.3 Å². The number of amides is 1. The molecule has 0 fully saturated rings. The van der Waals surface area contributed by atoms with Gasteiger partial charge in [0.2, 0.25) is 0 Å². The number of thiocarbonyl (C=S) groups is 1. The van der Waals surface area contributed by atoms with Crippen molar-refractivity contribution >= 4 is 34.0 Å². The summed E-state index contributed by atoms with van der Waals surface area (Å²) >= 11 is 4.93. The lowest BCUT2D eigenvalue weighted by atomic mass is 10.1. The highest BCUT2D eigenvalue weighted by Gasteiger charge is 2.12. The van der Waals surface area contributed by atoms with Crippen LogP contribution in [0.4, 0.5) is 0 Å². The molecule has 0 radical (unpaired) electrons. The standard InChI is InChI=1S/C19H19N3O3S/c1-22-12-16(15-4-2-3-5-17(15)22)18(23)20-10-11-25-14-8-6-13(7-9-14)19(26)21-24/h2-9,12,24H,10-11H2,1H3,(H,20,23)(H,21,26). The maximum atomic E-state index is 12.4. The van der Waals surface area contributed by atoms with E-state index in [4.69, 9.17) is 22.2 Å². The predicted molar refractivity (Wildman–Crippen MR) is 104 cm³/mol. The molecule has 0 unspecified atom stereocenters. The zero-order chi connectivity index (χ0) is 18.5. The first-order chi connectivity index (χ1) is 12.6. The molecule has 0 atom stereocenters. The van der Waals surface area contributed by atoms with Crippen LogP contribution in [0.5, 0.6) is 5.75 Å². The summed E-state index contributed by atoms with van der Waals surface area (Å²) < 4.78 is 7.55. The summed E-state index contributed by atoms with van der Waals surface area (Å²) in [5, 5.41) is 12.6. The van der Waals surface area contributed by atoms with Crippen molar-refractivity contribution in [3.63, 3.8) is 0 Å². The number of fused-ring (bicyclic) bond motifs is 1. The maximum absolute atomic E-state index is 12.4. The number of carbonyl (C=O) groups is 1. The van der Waals surface area contributed by atoms with Gasteiger partial charge in [0.15, 0.2) is 0 Å². The Morgan fingerprint density at radius 2 is 1.92 bits per heavy atom. The number of hydrogen-bond donors (Lipinski definition) is 3. The Morgan fingerprint density at radius 1 is 1.19 bits per heavy atom. The summed E-state index contributed by atoms with van der Waals surface area (Å²) in [6.07, 6.45) is 1.83. The van der Waals surface area contributed by atoms with Crippen molar-refractivity contribution in [1.29, 1.82) is 0 Å². The lowest BCUT2D eigenvalue weighted by Gasteiger charge is -2.08.